The van der Waals surface area contributed by atoms with Crippen LogP contribution < -0.4 is 4.72 Å². The minimum atomic E-state index is -3.77. The van der Waals surface area contributed by atoms with E-state index in [4.69, 9.17) is 4.74 Å². The zero-order valence-corrected chi connectivity index (χ0v) is 11.5. The molecule has 2 aromatic rings. The van der Waals surface area contributed by atoms with Gasteiger partial charge in [-0.15, -0.1) is 0 Å². The molecule has 5 nitrogen and oxygen atoms in total. The van der Waals surface area contributed by atoms with Gasteiger partial charge >= 0.3 is 0 Å². The van der Waals surface area contributed by atoms with Gasteiger partial charge < -0.3 is 4.74 Å². The fourth-order valence-electron chi connectivity index (χ4n) is 1.61. The first-order valence-electron chi connectivity index (χ1n) is 5.75. The standard InChI is InChI=1S/C13H13FN2O3S/c1-19-13(11-8-5-9-12(14)15-11)16-20(17,18)10-6-3-2-4-7-10/h2-9,13,16H,1H3. The molecule has 1 N–H and O–H groups in total. The molecule has 0 bridgehead atoms. The van der Waals surface area contributed by atoms with Crippen LogP contribution in [-0.4, -0.2) is 20.5 Å². The minimum Gasteiger partial charge on any atom is -0.360 e. The molecule has 1 aromatic heterocycles. The quantitative estimate of drug-likeness (QED) is 0.675. The largest absolute Gasteiger partial charge is 0.360 e. The molecule has 1 atom stereocenters. The van der Waals surface area contributed by atoms with E-state index in [0.29, 0.717) is 0 Å². The summed E-state index contributed by atoms with van der Waals surface area (Å²) in [6, 6.07) is 11.9. The van der Waals surface area contributed by atoms with Crippen LogP contribution in [0.3, 0.4) is 0 Å². The van der Waals surface area contributed by atoms with Crippen molar-refractivity contribution in [1.82, 2.24) is 9.71 Å². The van der Waals surface area contributed by atoms with Crippen molar-refractivity contribution < 1.29 is 17.5 Å². The lowest BCUT2D eigenvalue weighted by Gasteiger charge is -2.16. The lowest BCUT2D eigenvalue weighted by Crippen LogP contribution is -2.30. The van der Waals surface area contributed by atoms with Crippen molar-refractivity contribution in [2.45, 2.75) is 11.1 Å². The molecule has 1 heterocycles. The van der Waals surface area contributed by atoms with Gasteiger partial charge in [0.25, 0.3) is 0 Å². The van der Waals surface area contributed by atoms with Crippen LogP contribution in [0.4, 0.5) is 4.39 Å². The van der Waals surface area contributed by atoms with E-state index in [-0.39, 0.29) is 10.6 Å². The molecule has 0 aliphatic carbocycles. The third kappa shape index (κ3) is 3.38. The average molecular weight is 296 g/mol. The van der Waals surface area contributed by atoms with Gasteiger partial charge in [-0.3, -0.25) is 0 Å². The molecule has 0 saturated heterocycles. The summed E-state index contributed by atoms with van der Waals surface area (Å²) in [6.45, 7) is 0. The Morgan fingerprint density at radius 3 is 2.45 bits per heavy atom. The molecule has 7 heteroatoms. The number of hydrogen-bond donors (Lipinski definition) is 1. The monoisotopic (exact) mass is 296 g/mol. The molecule has 0 radical (unpaired) electrons. The first-order chi connectivity index (χ1) is 9.53. The van der Waals surface area contributed by atoms with Crippen molar-refractivity contribution in [1.29, 1.82) is 0 Å². The number of methoxy groups -OCH3 is 1. The molecule has 0 aliphatic heterocycles. The number of aromatic nitrogens is 1. The van der Waals surface area contributed by atoms with Gasteiger partial charge in [-0.2, -0.15) is 9.11 Å². The van der Waals surface area contributed by atoms with E-state index in [1.807, 2.05) is 0 Å². The molecule has 0 spiro atoms. The van der Waals surface area contributed by atoms with E-state index in [1.165, 1.54) is 37.4 Å². The van der Waals surface area contributed by atoms with E-state index < -0.39 is 22.2 Å². The smallest absolute Gasteiger partial charge is 0.243 e. The summed E-state index contributed by atoms with van der Waals surface area (Å²) in [5, 5.41) is 0. The number of hydrogen-bond acceptors (Lipinski definition) is 4. The molecule has 0 fully saturated rings. The number of sulfonamides is 1. The molecular weight excluding hydrogens is 283 g/mol. The fraction of sp³-hybridized carbons (Fsp3) is 0.154. The first-order valence-corrected chi connectivity index (χ1v) is 7.24. The predicted molar refractivity (Wildman–Crippen MR) is 70.7 cm³/mol. The van der Waals surface area contributed by atoms with Crippen LogP contribution in [-0.2, 0) is 14.8 Å². The van der Waals surface area contributed by atoms with Gasteiger partial charge in [-0.1, -0.05) is 24.3 Å². The minimum absolute atomic E-state index is 0.0958. The molecule has 20 heavy (non-hydrogen) atoms. The van der Waals surface area contributed by atoms with Crippen LogP contribution in [0.5, 0.6) is 0 Å². The van der Waals surface area contributed by atoms with E-state index >= 15 is 0 Å². The van der Waals surface area contributed by atoms with Crippen LogP contribution in [0, 0.1) is 5.95 Å². The topological polar surface area (TPSA) is 68.3 Å². The second kappa shape index (κ2) is 6.08. The molecule has 1 unspecified atom stereocenters. The van der Waals surface area contributed by atoms with Crippen molar-refractivity contribution in [3.05, 3.63) is 60.2 Å². The first kappa shape index (κ1) is 14.6. The zero-order chi connectivity index (χ0) is 14.6. The maximum absolute atomic E-state index is 13.1. The van der Waals surface area contributed by atoms with Crippen molar-refractivity contribution in [2.24, 2.45) is 0 Å². The lowest BCUT2D eigenvalue weighted by atomic mass is 10.3. The highest BCUT2D eigenvalue weighted by Crippen LogP contribution is 2.16. The Kier molecular flexibility index (Phi) is 4.43. The number of halogens is 1. The summed E-state index contributed by atoms with van der Waals surface area (Å²) in [7, 11) is -2.46. The van der Waals surface area contributed by atoms with Crippen molar-refractivity contribution in [3.8, 4) is 0 Å². The summed E-state index contributed by atoms with van der Waals surface area (Å²) in [4.78, 5) is 3.70. The molecule has 2 rings (SSSR count). The maximum atomic E-state index is 13.1. The van der Waals surface area contributed by atoms with Crippen molar-refractivity contribution in [2.75, 3.05) is 7.11 Å². The highest BCUT2D eigenvalue weighted by atomic mass is 32.2. The normalized spacial score (nSPS) is 13.1. The summed E-state index contributed by atoms with van der Waals surface area (Å²) in [5.41, 5.74) is 0.145. The second-order valence-electron chi connectivity index (χ2n) is 3.94. The van der Waals surface area contributed by atoms with Crippen molar-refractivity contribution in [3.63, 3.8) is 0 Å². The number of benzene rings is 1. The highest BCUT2D eigenvalue weighted by Gasteiger charge is 2.22. The zero-order valence-electron chi connectivity index (χ0n) is 10.7. The molecule has 0 saturated carbocycles. The number of rotatable bonds is 5. The third-order valence-corrected chi connectivity index (χ3v) is 3.97. The van der Waals surface area contributed by atoms with Crippen LogP contribution in [0.2, 0.25) is 0 Å². The number of ether oxygens (including phenoxy) is 1. The van der Waals surface area contributed by atoms with Crippen LogP contribution in [0.1, 0.15) is 11.9 Å². The van der Waals surface area contributed by atoms with E-state index in [1.54, 1.807) is 18.2 Å². The Balaban J connectivity index is 2.27. The Morgan fingerprint density at radius 2 is 1.85 bits per heavy atom. The van der Waals surface area contributed by atoms with Gasteiger partial charge in [0, 0.05) is 7.11 Å². The Hall–Kier alpha value is -1.83. The third-order valence-electron chi connectivity index (χ3n) is 2.56. The Morgan fingerprint density at radius 1 is 1.15 bits per heavy atom. The predicted octanol–water partition coefficient (Wildman–Crippen LogP) is 1.84. The van der Waals surface area contributed by atoms with Gasteiger partial charge in [-0.05, 0) is 24.3 Å². The van der Waals surface area contributed by atoms with Crippen molar-refractivity contribution >= 4 is 10.0 Å². The van der Waals surface area contributed by atoms with Gasteiger partial charge in [-0.25, -0.2) is 13.4 Å². The lowest BCUT2D eigenvalue weighted by molar-refractivity contribution is 0.0898. The average Bonchev–Trinajstić information content (AvgIpc) is 2.46. The van der Waals surface area contributed by atoms with Crippen LogP contribution >= 0.6 is 0 Å². The summed E-state index contributed by atoms with van der Waals surface area (Å²) in [6.07, 6.45) is -1.06. The number of nitrogens with zero attached hydrogens (tertiary/aromatic N) is 1. The SMILES string of the molecule is COC(NS(=O)(=O)c1ccccc1)c1cccc(F)n1. The highest BCUT2D eigenvalue weighted by molar-refractivity contribution is 7.89. The Bertz CT molecular complexity index is 677. The maximum Gasteiger partial charge on any atom is 0.243 e. The van der Waals surface area contributed by atoms with Gasteiger partial charge in [0.05, 0.1) is 10.6 Å². The second-order valence-corrected chi connectivity index (χ2v) is 5.65. The number of pyridine rings is 1. The molecule has 0 amide bonds. The number of nitrogens with one attached hydrogen (secondary N) is 1. The fourth-order valence-corrected chi connectivity index (χ4v) is 2.76. The van der Waals surface area contributed by atoms with Crippen LogP contribution in [0.25, 0.3) is 0 Å². The van der Waals surface area contributed by atoms with E-state index in [2.05, 4.69) is 9.71 Å². The van der Waals surface area contributed by atoms with E-state index in [0.717, 1.165) is 0 Å². The Labute approximate surface area is 116 Å². The summed E-state index contributed by atoms with van der Waals surface area (Å²) >= 11 is 0. The van der Waals surface area contributed by atoms with E-state index in [9.17, 15) is 12.8 Å². The van der Waals surface area contributed by atoms with Crippen LogP contribution in [0.15, 0.2) is 53.4 Å². The van der Waals surface area contributed by atoms with Gasteiger partial charge in [0.1, 0.15) is 0 Å². The molecule has 106 valence electrons. The summed E-state index contributed by atoms with van der Waals surface area (Å²) < 4.78 is 44.7. The summed E-state index contributed by atoms with van der Waals surface area (Å²) in [5.74, 6) is -0.705. The van der Waals surface area contributed by atoms with Gasteiger partial charge in [0.2, 0.25) is 16.0 Å². The molecule has 0 aliphatic rings. The molecular formula is C13H13FN2O3S. The molecule has 1 aromatic carbocycles. The van der Waals surface area contributed by atoms with Gasteiger partial charge in [0.15, 0.2) is 6.23 Å².